The third kappa shape index (κ3) is 2.44. The number of sulfonamides is 1. The number of aromatic amines is 1. The van der Waals surface area contributed by atoms with Crippen molar-refractivity contribution in [2.75, 3.05) is 37.3 Å². The Kier molecular flexibility index (Phi) is 3.13. The zero-order valence-corrected chi connectivity index (χ0v) is 11.2. The molecule has 96 valence electrons. The van der Waals surface area contributed by atoms with Crippen molar-refractivity contribution in [3.8, 4) is 0 Å². The Morgan fingerprint density at radius 3 is 2.18 bits per heavy atom. The van der Waals surface area contributed by atoms with Gasteiger partial charge in [-0.05, 0) is 13.8 Å². The highest BCUT2D eigenvalue weighted by Gasteiger charge is 2.25. The molecule has 1 fully saturated rings. The number of nitrogens with one attached hydrogen (secondary N) is 1. The number of H-pyrrole nitrogens is 1. The fourth-order valence-corrected chi connectivity index (χ4v) is 3.08. The predicted octanol–water partition coefficient (Wildman–Crippen LogP) is 0.108. The van der Waals surface area contributed by atoms with Crippen LogP contribution in [-0.4, -0.2) is 55.4 Å². The first-order valence-corrected chi connectivity index (χ1v) is 7.46. The van der Waals surface area contributed by atoms with Gasteiger partial charge in [-0.15, -0.1) is 0 Å². The Bertz CT molecular complexity index is 481. The number of aryl methyl sites for hydroxylation is 2. The standard InChI is InChI=1S/C10H18N4O2S/c1-8-10(9(2)12-11-8)13-4-6-14(7-5-13)17(3,15)16/h4-7H2,1-3H3,(H,11,12). The van der Waals surface area contributed by atoms with E-state index in [0.717, 1.165) is 17.1 Å². The third-order valence-electron chi connectivity index (χ3n) is 3.11. The van der Waals surface area contributed by atoms with Crippen molar-refractivity contribution in [3.05, 3.63) is 11.4 Å². The van der Waals surface area contributed by atoms with Crippen molar-refractivity contribution in [2.45, 2.75) is 13.8 Å². The van der Waals surface area contributed by atoms with Crippen molar-refractivity contribution >= 4 is 15.7 Å². The van der Waals surface area contributed by atoms with Gasteiger partial charge in [0.15, 0.2) is 0 Å². The van der Waals surface area contributed by atoms with Crippen molar-refractivity contribution in [3.63, 3.8) is 0 Å². The second-order valence-electron chi connectivity index (χ2n) is 4.43. The molecule has 0 spiro atoms. The summed E-state index contributed by atoms with van der Waals surface area (Å²) in [5, 5.41) is 7.11. The van der Waals surface area contributed by atoms with Gasteiger partial charge in [-0.3, -0.25) is 5.10 Å². The second kappa shape index (κ2) is 4.30. The average Bonchev–Trinajstić information content (AvgIpc) is 2.58. The fourth-order valence-electron chi connectivity index (χ4n) is 2.25. The highest BCUT2D eigenvalue weighted by molar-refractivity contribution is 7.88. The summed E-state index contributed by atoms with van der Waals surface area (Å²) in [5.41, 5.74) is 3.11. The monoisotopic (exact) mass is 258 g/mol. The van der Waals surface area contributed by atoms with E-state index in [9.17, 15) is 8.42 Å². The Balaban J connectivity index is 2.10. The topological polar surface area (TPSA) is 69.3 Å². The van der Waals surface area contributed by atoms with Crippen LogP contribution in [0.4, 0.5) is 5.69 Å². The molecule has 17 heavy (non-hydrogen) atoms. The van der Waals surface area contributed by atoms with Crippen molar-refractivity contribution < 1.29 is 8.42 Å². The van der Waals surface area contributed by atoms with Crippen LogP contribution < -0.4 is 4.90 Å². The number of rotatable bonds is 2. The first-order chi connectivity index (χ1) is 7.89. The van der Waals surface area contributed by atoms with Gasteiger partial charge in [-0.1, -0.05) is 0 Å². The third-order valence-corrected chi connectivity index (χ3v) is 4.42. The normalized spacial score (nSPS) is 18.6. The van der Waals surface area contributed by atoms with E-state index >= 15 is 0 Å². The molecule has 1 aromatic heterocycles. The van der Waals surface area contributed by atoms with Gasteiger partial charge < -0.3 is 4.90 Å². The highest BCUT2D eigenvalue weighted by Crippen LogP contribution is 2.23. The molecule has 7 heteroatoms. The summed E-state index contributed by atoms with van der Waals surface area (Å²) < 4.78 is 24.3. The van der Waals surface area contributed by atoms with E-state index in [1.54, 1.807) is 0 Å². The lowest BCUT2D eigenvalue weighted by atomic mass is 10.2. The van der Waals surface area contributed by atoms with Crippen LogP contribution >= 0.6 is 0 Å². The van der Waals surface area contributed by atoms with Crippen LogP contribution in [0.5, 0.6) is 0 Å². The van der Waals surface area contributed by atoms with Crippen molar-refractivity contribution in [1.82, 2.24) is 14.5 Å². The summed E-state index contributed by atoms with van der Waals surface area (Å²) in [6.45, 7) is 6.47. The minimum atomic E-state index is -3.06. The number of piperazine rings is 1. The van der Waals surface area contributed by atoms with E-state index in [2.05, 4.69) is 15.1 Å². The molecule has 1 aliphatic rings. The summed E-state index contributed by atoms with van der Waals surface area (Å²) >= 11 is 0. The largest absolute Gasteiger partial charge is 0.366 e. The molecule has 0 atom stereocenters. The van der Waals surface area contributed by atoms with E-state index in [1.165, 1.54) is 10.6 Å². The molecule has 1 aliphatic heterocycles. The van der Waals surface area contributed by atoms with Gasteiger partial charge in [0, 0.05) is 26.2 Å². The minimum Gasteiger partial charge on any atom is -0.366 e. The maximum absolute atomic E-state index is 11.4. The summed E-state index contributed by atoms with van der Waals surface area (Å²) in [5.74, 6) is 0. The maximum Gasteiger partial charge on any atom is 0.211 e. The Labute approximate surface area is 102 Å². The average molecular weight is 258 g/mol. The Hall–Kier alpha value is -1.08. The molecule has 2 rings (SSSR count). The smallest absolute Gasteiger partial charge is 0.211 e. The molecule has 2 heterocycles. The van der Waals surface area contributed by atoms with Gasteiger partial charge in [0.1, 0.15) is 0 Å². The second-order valence-corrected chi connectivity index (χ2v) is 6.41. The SMILES string of the molecule is Cc1n[nH]c(C)c1N1CCN(S(C)(=O)=O)CC1. The van der Waals surface area contributed by atoms with Crippen LogP contribution in [-0.2, 0) is 10.0 Å². The molecule has 1 saturated heterocycles. The van der Waals surface area contributed by atoms with Gasteiger partial charge in [-0.2, -0.15) is 9.40 Å². The lowest BCUT2D eigenvalue weighted by molar-refractivity contribution is 0.388. The highest BCUT2D eigenvalue weighted by atomic mass is 32.2. The predicted molar refractivity (Wildman–Crippen MR) is 66.7 cm³/mol. The molecule has 0 amide bonds. The van der Waals surface area contributed by atoms with Gasteiger partial charge >= 0.3 is 0 Å². The quantitative estimate of drug-likeness (QED) is 0.817. The van der Waals surface area contributed by atoms with Crippen LogP contribution in [0.2, 0.25) is 0 Å². The summed E-state index contributed by atoms with van der Waals surface area (Å²) in [7, 11) is -3.06. The van der Waals surface area contributed by atoms with E-state index in [0.29, 0.717) is 26.2 Å². The van der Waals surface area contributed by atoms with Crippen molar-refractivity contribution in [2.24, 2.45) is 0 Å². The molecular formula is C10H18N4O2S. The minimum absolute atomic E-state index is 0.545. The van der Waals surface area contributed by atoms with E-state index in [-0.39, 0.29) is 0 Å². The number of anilines is 1. The van der Waals surface area contributed by atoms with Crippen LogP contribution in [0.25, 0.3) is 0 Å². The lowest BCUT2D eigenvalue weighted by Crippen LogP contribution is -2.48. The van der Waals surface area contributed by atoms with Crippen LogP contribution in [0.3, 0.4) is 0 Å². The molecule has 0 aliphatic carbocycles. The zero-order chi connectivity index (χ0) is 12.6. The number of hydrogen-bond acceptors (Lipinski definition) is 4. The zero-order valence-electron chi connectivity index (χ0n) is 10.4. The van der Waals surface area contributed by atoms with Crippen LogP contribution in [0.15, 0.2) is 0 Å². The van der Waals surface area contributed by atoms with Crippen LogP contribution in [0, 0.1) is 13.8 Å². The van der Waals surface area contributed by atoms with Crippen molar-refractivity contribution in [1.29, 1.82) is 0 Å². The molecule has 0 bridgehead atoms. The van der Waals surface area contributed by atoms with Crippen LogP contribution in [0.1, 0.15) is 11.4 Å². The number of hydrogen-bond donors (Lipinski definition) is 1. The summed E-state index contributed by atoms with van der Waals surface area (Å²) in [6, 6.07) is 0. The molecule has 1 aromatic rings. The lowest BCUT2D eigenvalue weighted by Gasteiger charge is -2.34. The van der Waals surface area contributed by atoms with Gasteiger partial charge in [0.05, 0.1) is 23.3 Å². The number of aromatic nitrogens is 2. The van der Waals surface area contributed by atoms with Gasteiger partial charge in [0.2, 0.25) is 10.0 Å². The van der Waals surface area contributed by atoms with Gasteiger partial charge in [0.25, 0.3) is 0 Å². The fraction of sp³-hybridized carbons (Fsp3) is 0.700. The first-order valence-electron chi connectivity index (χ1n) is 5.61. The molecular weight excluding hydrogens is 240 g/mol. The number of nitrogens with zero attached hydrogens (tertiary/aromatic N) is 3. The molecule has 1 N–H and O–H groups in total. The molecule has 0 saturated carbocycles. The Morgan fingerprint density at radius 2 is 1.76 bits per heavy atom. The van der Waals surface area contributed by atoms with Gasteiger partial charge in [-0.25, -0.2) is 8.42 Å². The maximum atomic E-state index is 11.4. The summed E-state index contributed by atoms with van der Waals surface area (Å²) in [6.07, 6.45) is 1.26. The molecule has 0 unspecified atom stereocenters. The molecule has 0 aromatic carbocycles. The van der Waals surface area contributed by atoms with E-state index < -0.39 is 10.0 Å². The Morgan fingerprint density at radius 1 is 1.18 bits per heavy atom. The van der Waals surface area contributed by atoms with E-state index in [1.807, 2.05) is 13.8 Å². The molecule has 0 radical (unpaired) electrons. The summed E-state index contributed by atoms with van der Waals surface area (Å²) in [4.78, 5) is 2.19. The molecule has 6 nitrogen and oxygen atoms in total. The first kappa shape index (κ1) is 12.4. The van der Waals surface area contributed by atoms with E-state index in [4.69, 9.17) is 0 Å².